The number of aromatic nitrogens is 3. The van der Waals surface area contributed by atoms with Gasteiger partial charge < -0.3 is 15.2 Å². The normalized spacial score (nSPS) is 13.8. The smallest absolute Gasteiger partial charge is 0.221 e. The summed E-state index contributed by atoms with van der Waals surface area (Å²) in [5.41, 5.74) is 8.26. The lowest BCUT2D eigenvalue weighted by Crippen LogP contribution is -2.16. The average molecular weight is 475 g/mol. The molecule has 1 amide bonds. The summed E-state index contributed by atoms with van der Waals surface area (Å²) in [6.07, 6.45) is 4.03. The van der Waals surface area contributed by atoms with E-state index in [1.807, 2.05) is 61.5 Å². The number of anilines is 3. The fourth-order valence-electron chi connectivity index (χ4n) is 4.39. The van der Waals surface area contributed by atoms with Crippen LogP contribution in [0.3, 0.4) is 0 Å². The highest BCUT2D eigenvalue weighted by atomic mass is 16.1. The lowest BCUT2D eigenvalue weighted by atomic mass is 10.1. The number of carbonyl (C=O) groups excluding carboxylic acids is 1. The van der Waals surface area contributed by atoms with E-state index in [9.17, 15) is 4.79 Å². The van der Waals surface area contributed by atoms with Gasteiger partial charge in [-0.2, -0.15) is 0 Å². The highest BCUT2D eigenvalue weighted by molar-refractivity contribution is 5.89. The first-order chi connectivity index (χ1) is 17.5. The number of carbonyl (C=O) groups is 1. The van der Waals surface area contributed by atoms with Gasteiger partial charge in [-0.25, -0.2) is 4.98 Å². The molecule has 6 rings (SSSR count). The van der Waals surface area contributed by atoms with E-state index in [-0.39, 0.29) is 5.91 Å². The van der Waals surface area contributed by atoms with Crippen molar-refractivity contribution >= 4 is 34.0 Å². The Hall–Kier alpha value is -4.52. The molecule has 3 aromatic rings. The number of fused-ring (bicyclic) bond motifs is 2. The second-order valence-electron chi connectivity index (χ2n) is 9.14. The standard InChI is InChI=1S/C29H26N6O/c1-18-23(7-5-15-30-18)33-25-16-27-29(17-26(25)32-21-9-10-21)35(28-8-4-3-6-24(28)34-27)22-13-11-20(12-14-22)31-19(2)36/h3-8,11-17,21,33H,9-10H2,1-2H3,(H,31,36)/b32-26+. The van der Waals surface area contributed by atoms with Crippen molar-refractivity contribution in [1.29, 1.82) is 0 Å². The molecule has 7 nitrogen and oxygen atoms in total. The van der Waals surface area contributed by atoms with Crippen molar-refractivity contribution in [1.82, 2.24) is 14.5 Å². The van der Waals surface area contributed by atoms with E-state index in [1.165, 1.54) is 6.92 Å². The number of nitrogens with one attached hydrogen (secondary N) is 2. The lowest BCUT2D eigenvalue weighted by Gasteiger charge is -2.20. The van der Waals surface area contributed by atoms with Crippen LogP contribution in [0.4, 0.5) is 17.1 Å². The number of hydrogen-bond acceptors (Lipinski definition) is 5. The Morgan fingerprint density at radius 3 is 2.56 bits per heavy atom. The zero-order valence-electron chi connectivity index (χ0n) is 20.2. The van der Waals surface area contributed by atoms with E-state index >= 15 is 0 Å². The van der Waals surface area contributed by atoms with Gasteiger partial charge in [-0.3, -0.25) is 14.8 Å². The van der Waals surface area contributed by atoms with Crippen molar-refractivity contribution in [2.24, 2.45) is 4.99 Å². The van der Waals surface area contributed by atoms with Crippen molar-refractivity contribution < 1.29 is 4.79 Å². The number of para-hydroxylation sites is 2. The Morgan fingerprint density at radius 1 is 1.00 bits per heavy atom. The quantitative estimate of drug-likeness (QED) is 0.325. The molecule has 1 aromatic heterocycles. The molecule has 178 valence electrons. The van der Waals surface area contributed by atoms with Crippen LogP contribution >= 0.6 is 0 Å². The summed E-state index contributed by atoms with van der Waals surface area (Å²) >= 11 is 0. The molecule has 3 aliphatic rings. The van der Waals surface area contributed by atoms with Gasteiger partial charge in [-0.15, -0.1) is 0 Å². The van der Waals surface area contributed by atoms with Gasteiger partial charge in [0.1, 0.15) is 0 Å². The predicted molar refractivity (Wildman–Crippen MR) is 143 cm³/mol. The number of pyridine rings is 1. The Balaban J connectivity index is 1.58. The molecule has 2 N–H and O–H groups in total. The molecule has 7 heteroatoms. The molecular weight excluding hydrogens is 448 g/mol. The molecule has 1 saturated carbocycles. The van der Waals surface area contributed by atoms with Crippen molar-refractivity contribution in [2.75, 3.05) is 10.6 Å². The Morgan fingerprint density at radius 2 is 1.81 bits per heavy atom. The summed E-state index contributed by atoms with van der Waals surface area (Å²) in [7, 11) is 0. The molecule has 2 heterocycles. The highest BCUT2D eigenvalue weighted by Crippen LogP contribution is 2.32. The Bertz CT molecular complexity index is 1630. The van der Waals surface area contributed by atoms with Crippen LogP contribution in [0.2, 0.25) is 0 Å². The van der Waals surface area contributed by atoms with Crippen LogP contribution in [0.5, 0.6) is 0 Å². The third-order valence-corrected chi connectivity index (χ3v) is 6.29. The molecular formula is C29H26N6O. The zero-order valence-corrected chi connectivity index (χ0v) is 20.2. The van der Waals surface area contributed by atoms with Crippen LogP contribution in [0, 0.1) is 6.92 Å². The second-order valence-corrected chi connectivity index (χ2v) is 9.14. The average Bonchev–Trinajstić information content (AvgIpc) is 3.69. The van der Waals surface area contributed by atoms with Gasteiger partial charge in [0, 0.05) is 24.5 Å². The molecule has 2 aliphatic carbocycles. The SMILES string of the molecule is CC(=O)Nc1ccc(-n2c3c/c(=N\C4CC4)c(Nc4cccnc4C)cc-3nc3ccccc32)cc1. The van der Waals surface area contributed by atoms with Gasteiger partial charge in [0.2, 0.25) is 5.91 Å². The van der Waals surface area contributed by atoms with Gasteiger partial charge in [0.15, 0.2) is 0 Å². The molecule has 0 saturated heterocycles. The Kier molecular flexibility index (Phi) is 5.45. The molecule has 0 spiro atoms. The number of amides is 1. The number of nitrogens with zero attached hydrogens (tertiary/aromatic N) is 4. The van der Waals surface area contributed by atoms with Crippen LogP contribution < -0.4 is 16.0 Å². The number of rotatable bonds is 5. The maximum atomic E-state index is 11.5. The lowest BCUT2D eigenvalue weighted by molar-refractivity contribution is -0.114. The van der Waals surface area contributed by atoms with Crippen LogP contribution in [-0.4, -0.2) is 26.5 Å². The van der Waals surface area contributed by atoms with Crippen LogP contribution in [0.15, 0.2) is 84.0 Å². The highest BCUT2D eigenvalue weighted by Gasteiger charge is 2.22. The molecule has 36 heavy (non-hydrogen) atoms. The summed E-state index contributed by atoms with van der Waals surface area (Å²) < 4.78 is 2.21. The van der Waals surface area contributed by atoms with Crippen molar-refractivity contribution in [2.45, 2.75) is 32.7 Å². The second kappa shape index (κ2) is 8.92. The van der Waals surface area contributed by atoms with Crippen LogP contribution in [0.25, 0.3) is 28.1 Å². The molecule has 0 radical (unpaired) electrons. The van der Waals surface area contributed by atoms with E-state index < -0.39 is 0 Å². The fourth-order valence-corrected chi connectivity index (χ4v) is 4.39. The topological polar surface area (TPSA) is 84.2 Å². The fraction of sp³-hybridized carbons (Fsp3) is 0.172. The number of hydrogen-bond donors (Lipinski definition) is 2. The van der Waals surface area contributed by atoms with Gasteiger partial charge in [0.25, 0.3) is 0 Å². The third kappa shape index (κ3) is 4.31. The van der Waals surface area contributed by atoms with Gasteiger partial charge >= 0.3 is 0 Å². The van der Waals surface area contributed by atoms with Gasteiger partial charge in [-0.1, -0.05) is 12.1 Å². The molecule has 0 bridgehead atoms. The number of aryl methyl sites for hydroxylation is 1. The minimum atomic E-state index is -0.0922. The largest absolute Gasteiger partial charge is 0.352 e. The summed E-state index contributed by atoms with van der Waals surface area (Å²) in [6, 6.07) is 24.5. The first kappa shape index (κ1) is 22.0. The van der Waals surface area contributed by atoms with Crippen molar-refractivity contribution in [3.8, 4) is 17.1 Å². The monoisotopic (exact) mass is 474 g/mol. The minimum absolute atomic E-state index is 0.0922. The first-order valence-electron chi connectivity index (χ1n) is 12.1. The van der Waals surface area contributed by atoms with E-state index in [2.05, 4.69) is 38.4 Å². The van der Waals surface area contributed by atoms with Crippen molar-refractivity contribution in [3.63, 3.8) is 0 Å². The summed E-state index contributed by atoms with van der Waals surface area (Å²) in [4.78, 5) is 26.0. The van der Waals surface area contributed by atoms with Crippen molar-refractivity contribution in [3.05, 3.63) is 90.0 Å². The summed E-state index contributed by atoms with van der Waals surface area (Å²) in [5, 5.41) is 7.31. The predicted octanol–water partition coefficient (Wildman–Crippen LogP) is 5.60. The van der Waals surface area contributed by atoms with E-state index in [0.29, 0.717) is 6.04 Å². The molecule has 0 atom stereocenters. The van der Waals surface area contributed by atoms with E-state index in [1.54, 1.807) is 6.20 Å². The summed E-state index contributed by atoms with van der Waals surface area (Å²) in [6.45, 7) is 3.50. The molecule has 0 unspecified atom stereocenters. The molecule has 1 fully saturated rings. The molecule has 1 aliphatic heterocycles. The Labute approximate surface area is 208 Å². The summed E-state index contributed by atoms with van der Waals surface area (Å²) in [5.74, 6) is -0.0922. The van der Waals surface area contributed by atoms with E-state index in [0.717, 1.165) is 69.1 Å². The van der Waals surface area contributed by atoms with Gasteiger partial charge in [-0.05, 0) is 80.4 Å². The molecule has 2 aromatic carbocycles. The minimum Gasteiger partial charge on any atom is -0.352 e. The maximum Gasteiger partial charge on any atom is 0.221 e. The zero-order chi connectivity index (χ0) is 24.6. The number of benzene rings is 3. The first-order valence-corrected chi connectivity index (χ1v) is 12.1. The van der Waals surface area contributed by atoms with Crippen LogP contribution in [0.1, 0.15) is 25.5 Å². The van der Waals surface area contributed by atoms with Crippen LogP contribution in [-0.2, 0) is 4.79 Å². The third-order valence-electron chi connectivity index (χ3n) is 6.29. The van der Waals surface area contributed by atoms with E-state index in [4.69, 9.17) is 9.98 Å². The van der Waals surface area contributed by atoms with Gasteiger partial charge in [0.05, 0.1) is 50.9 Å². The maximum absolute atomic E-state index is 11.5.